The maximum atomic E-state index is 11.1. The fourth-order valence-electron chi connectivity index (χ4n) is 1.23. The lowest BCUT2D eigenvalue weighted by Gasteiger charge is -2.00. The van der Waals surface area contributed by atoms with Crippen molar-refractivity contribution in [2.75, 3.05) is 5.32 Å². The first kappa shape index (κ1) is 10.8. The molecule has 0 fully saturated rings. The topological polar surface area (TPSA) is 96.6 Å². The maximum absolute atomic E-state index is 11.1. The summed E-state index contributed by atoms with van der Waals surface area (Å²) in [6.45, 7) is 0. The number of nitrogens with one attached hydrogen (secondary N) is 2. The first-order chi connectivity index (χ1) is 8.16. The van der Waals surface area contributed by atoms with Gasteiger partial charge in [-0.05, 0) is 12.1 Å². The minimum Gasteiger partial charge on any atom is -0.361 e. The van der Waals surface area contributed by atoms with Crippen LogP contribution in [-0.4, -0.2) is 17.0 Å². The average Bonchev–Trinajstić information content (AvgIpc) is 2.73. The molecular formula is C10H8N4O3. The molecule has 17 heavy (non-hydrogen) atoms. The molecule has 1 aliphatic heterocycles. The van der Waals surface area contributed by atoms with Gasteiger partial charge in [-0.3, -0.25) is 14.9 Å². The summed E-state index contributed by atoms with van der Waals surface area (Å²) >= 11 is 0. The number of amides is 1. The maximum Gasteiger partial charge on any atom is 0.274 e. The minimum atomic E-state index is -0.473. The molecule has 0 bridgehead atoms. The number of hydrogen-bond acceptors (Lipinski definition) is 5. The lowest BCUT2D eigenvalue weighted by Crippen LogP contribution is -2.12. The quantitative estimate of drug-likeness (QED) is 0.461. The zero-order valence-electron chi connectivity index (χ0n) is 8.58. The van der Waals surface area contributed by atoms with E-state index in [1.54, 1.807) is 12.1 Å². The third kappa shape index (κ3) is 2.46. The van der Waals surface area contributed by atoms with Crippen LogP contribution in [0.2, 0.25) is 0 Å². The van der Waals surface area contributed by atoms with Crippen LogP contribution >= 0.6 is 0 Å². The third-order valence-corrected chi connectivity index (χ3v) is 2.10. The lowest BCUT2D eigenvalue weighted by molar-refractivity contribution is -0.384. The third-order valence-electron chi connectivity index (χ3n) is 2.10. The number of nitro benzene ring substituents is 1. The van der Waals surface area contributed by atoms with Gasteiger partial charge in [0, 0.05) is 24.0 Å². The van der Waals surface area contributed by atoms with Gasteiger partial charge < -0.3 is 5.32 Å². The van der Waals surface area contributed by atoms with Crippen molar-refractivity contribution in [3.05, 3.63) is 46.2 Å². The predicted molar refractivity (Wildman–Crippen MR) is 61.4 cm³/mol. The van der Waals surface area contributed by atoms with Crippen LogP contribution in [-0.2, 0) is 4.79 Å². The Labute approximate surface area is 96.0 Å². The molecule has 7 nitrogen and oxygen atoms in total. The number of benzene rings is 1. The zero-order chi connectivity index (χ0) is 12.3. The predicted octanol–water partition coefficient (Wildman–Crippen LogP) is 1.01. The van der Waals surface area contributed by atoms with E-state index in [-0.39, 0.29) is 11.6 Å². The summed E-state index contributed by atoms with van der Waals surface area (Å²) in [7, 11) is 0. The molecule has 2 rings (SSSR count). The number of nitrogens with zero attached hydrogens (tertiary/aromatic N) is 2. The van der Waals surface area contributed by atoms with Crippen LogP contribution in [0.4, 0.5) is 11.4 Å². The molecule has 0 aromatic heterocycles. The second kappa shape index (κ2) is 4.44. The van der Waals surface area contributed by atoms with E-state index in [2.05, 4.69) is 15.8 Å². The molecule has 1 amide bonds. The highest BCUT2D eigenvalue weighted by atomic mass is 16.6. The Hall–Kier alpha value is -2.70. The number of anilines is 1. The summed E-state index contributed by atoms with van der Waals surface area (Å²) in [5.74, 6) is -0.292. The Morgan fingerprint density at radius 2 is 2.06 bits per heavy atom. The van der Waals surface area contributed by atoms with Crippen molar-refractivity contribution in [3.63, 3.8) is 0 Å². The Kier molecular flexibility index (Phi) is 2.82. The number of hydrogen-bond donors (Lipinski definition) is 2. The van der Waals surface area contributed by atoms with Crippen LogP contribution in [0.25, 0.3) is 0 Å². The van der Waals surface area contributed by atoms with Crippen molar-refractivity contribution in [1.82, 2.24) is 5.43 Å². The summed E-state index contributed by atoms with van der Waals surface area (Å²) in [6.07, 6.45) is 2.87. The second-order valence-corrected chi connectivity index (χ2v) is 3.25. The van der Waals surface area contributed by atoms with Crippen LogP contribution < -0.4 is 10.7 Å². The molecule has 1 aromatic rings. The van der Waals surface area contributed by atoms with Gasteiger partial charge in [-0.2, -0.15) is 5.10 Å². The smallest absolute Gasteiger partial charge is 0.274 e. The number of non-ortho nitro benzene ring substituents is 1. The minimum absolute atomic E-state index is 0.0170. The van der Waals surface area contributed by atoms with Crippen LogP contribution in [0.15, 0.2) is 41.1 Å². The number of carbonyl (C=O) groups is 1. The van der Waals surface area contributed by atoms with Crippen molar-refractivity contribution < 1.29 is 9.72 Å². The molecule has 0 unspecified atom stereocenters. The fourth-order valence-corrected chi connectivity index (χ4v) is 1.23. The monoisotopic (exact) mass is 232 g/mol. The fraction of sp³-hybridized carbons (Fsp3) is 0. The van der Waals surface area contributed by atoms with Crippen LogP contribution in [0.5, 0.6) is 0 Å². The molecule has 86 valence electrons. The van der Waals surface area contributed by atoms with Gasteiger partial charge in [0.15, 0.2) is 0 Å². The molecule has 1 aliphatic rings. The number of nitro groups is 1. The van der Waals surface area contributed by atoms with Gasteiger partial charge in [-0.15, -0.1) is 0 Å². The van der Waals surface area contributed by atoms with E-state index in [0.717, 1.165) is 0 Å². The van der Waals surface area contributed by atoms with E-state index in [9.17, 15) is 14.9 Å². The zero-order valence-corrected chi connectivity index (χ0v) is 8.58. The van der Waals surface area contributed by atoms with Crippen LogP contribution in [0, 0.1) is 10.1 Å². The molecule has 0 radical (unpaired) electrons. The van der Waals surface area contributed by atoms with E-state index in [1.165, 1.54) is 24.5 Å². The van der Waals surface area contributed by atoms with Gasteiger partial charge in [-0.1, -0.05) is 0 Å². The van der Waals surface area contributed by atoms with E-state index in [4.69, 9.17) is 0 Å². The summed E-state index contributed by atoms with van der Waals surface area (Å²) in [4.78, 5) is 21.1. The average molecular weight is 232 g/mol. The van der Waals surface area contributed by atoms with Gasteiger partial charge in [0.25, 0.3) is 11.6 Å². The van der Waals surface area contributed by atoms with Gasteiger partial charge in [-0.25, -0.2) is 5.43 Å². The molecule has 2 N–H and O–H groups in total. The van der Waals surface area contributed by atoms with E-state index in [0.29, 0.717) is 11.3 Å². The molecule has 0 saturated carbocycles. The Morgan fingerprint density at radius 1 is 1.35 bits per heavy atom. The highest BCUT2D eigenvalue weighted by molar-refractivity contribution is 6.15. The second-order valence-electron chi connectivity index (χ2n) is 3.25. The lowest BCUT2D eigenvalue weighted by atomic mass is 10.2. The molecule has 0 atom stereocenters. The Balaban J connectivity index is 2.07. The van der Waals surface area contributed by atoms with Crippen LogP contribution in [0.3, 0.4) is 0 Å². The van der Waals surface area contributed by atoms with Crippen molar-refractivity contribution in [2.45, 2.75) is 0 Å². The Bertz CT molecular complexity index is 519. The molecule has 0 aliphatic carbocycles. The summed E-state index contributed by atoms with van der Waals surface area (Å²) in [6, 6.07) is 5.87. The first-order valence-corrected chi connectivity index (χ1v) is 4.71. The van der Waals surface area contributed by atoms with E-state index >= 15 is 0 Å². The van der Waals surface area contributed by atoms with Crippen molar-refractivity contribution >= 4 is 23.5 Å². The number of rotatable bonds is 3. The first-order valence-electron chi connectivity index (χ1n) is 4.71. The van der Waals surface area contributed by atoms with Gasteiger partial charge in [0.05, 0.1) is 16.7 Å². The molecule has 7 heteroatoms. The van der Waals surface area contributed by atoms with Crippen molar-refractivity contribution in [1.29, 1.82) is 0 Å². The highest BCUT2D eigenvalue weighted by Crippen LogP contribution is 2.15. The molecule has 0 saturated heterocycles. The van der Waals surface area contributed by atoms with Gasteiger partial charge >= 0.3 is 0 Å². The molecule has 0 spiro atoms. The number of hydrazone groups is 1. The summed E-state index contributed by atoms with van der Waals surface area (Å²) in [5, 5.41) is 16.8. The van der Waals surface area contributed by atoms with Gasteiger partial charge in [0.2, 0.25) is 0 Å². The normalized spacial score (nSPS) is 16.0. The van der Waals surface area contributed by atoms with Gasteiger partial charge in [0.1, 0.15) is 0 Å². The number of carbonyl (C=O) groups excluding carboxylic acids is 1. The largest absolute Gasteiger partial charge is 0.361 e. The molecular weight excluding hydrogens is 224 g/mol. The van der Waals surface area contributed by atoms with Crippen molar-refractivity contribution in [3.8, 4) is 0 Å². The summed E-state index contributed by atoms with van der Waals surface area (Å²) < 4.78 is 0. The van der Waals surface area contributed by atoms with E-state index < -0.39 is 4.92 Å². The van der Waals surface area contributed by atoms with Crippen molar-refractivity contribution in [2.24, 2.45) is 5.10 Å². The summed E-state index contributed by atoms with van der Waals surface area (Å²) in [5.41, 5.74) is 3.32. The molecule has 1 aromatic carbocycles. The SMILES string of the molecule is O=C1NN=C/C1=C/Nc1ccc([N+](=O)[O-])cc1. The highest BCUT2D eigenvalue weighted by Gasteiger charge is 2.11. The Morgan fingerprint density at radius 3 is 2.59 bits per heavy atom. The standard InChI is InChI=1S/C10H8N4O3/c15-10-7(6-12-13-10)5-11-8-1-3-9(4-2-8)14(16)17/h1-6,11H,(H,13,15)/b7-5-. The van der Waals surface area contributed by atoms with E-state index in [1.807, 2.05) is 0 Å². The van der Waals surface area contributed by atoms with Crippen LogP contribution in [0.1, 0.15) is 0 Å². The molecule has 1 heterocycles.